The van der Waals surface area contributed by atoms with Crippen molar-refractivity contribution in [3.63, 3.8) is 0 Å². The lowest BCUT2D eigenvalue weighted by Crippen LogP contribution is -2.07. The summed E-state index contributed by atoms with van der Waals surface area (Å²) < 4.78 is 4.59. The number of hydrogen-bond acceptors (Lipinski definition) is 4. The first-order chi connectivity index (χ1) is 7.69. The SMILES string of the molecule is COC(=O)c1cc(C=CCCCl)cnc1N. The van der Waals surface area contributed by atoms with Gasteiger partial charge in [0.15, 0.2) is 0 Å². The molecule has 0 spiro atoms. The van der Waals surface area contributed by atoms with Crippen LogP contribution in [0.15, 0.2) is 18.3 Å². The Morgan fingerprint density at radius 3 is 3.06 bits per heavy atom. The van der Waals surface area contributed by atoms with Gasteiger partial charge < -0.3 is 10.5 Å². The number of allylic oxidation sites excluding steroid dienone is 1. The molecule has 86 valence electrons. The first-order valence-corrected chi connectivity index (χ1v) is 5.29. The fourth-order valence-corrected chi connectivity index (χ4v) is 1.26. The molecule has 0 bridgehead atoms. The summed E-state index contributed by atoms with van der Waals surface area (Å²) in [5, 5.41) is 0. The molecule has 0 saturated heterocycles. The Morgan fingerprint density at radius 2 is 2.44 bits per heavy atom. The van der Waals surface area contributed by atoms with E-state index in [0.29, 0.717) is 5.88 Å². The minimum atomic E-state index is -0.488. The Bertz CT molecular complexity index is 405. The van der Waals surface area contributed by atoms with Gasteiger partial charge in [-0.1, -0.05) is 12.2 Å². The summed E-state index contributed by atoms with van der Waals surface area (Å²) >= 11 is 5.54. The summed E-state index contributed by atoms with van der Waals surface area (Å²) in [5.41, 5.74) is 6.63. The third-order valence-corrected chi connectivity index (χ3v) is 2.15. The third kappa shape index (κ3) is 3.24. The van der Waals surface area contributed by atoms with E-state index in [1.807, 2.05) is 12.2 Å². The normalized spacial score (nSPS) is 10.6. The molecule has 5 heteroatoms. The molecule has 0 atom stereocenters. The summed E-state index contributed by atoms with van der Waals surface area (Å²) in [7, 11) is 1.30. The van der Waals surface area contributed by atoms with Crippen molar-refractivity contribution in [2.45, 2.75) is 6.42 Å². The summed E-state index contributed by atoms with van der Waals surface area (Å²) in [5.74, 6) is 0.238. The molecular weight excluding hydrogens is 228 g/mol. The van der Waals surface area contributed by atoms with Crippen molar-refractivity contribution in [3.05, 3.63) is 29.5 Å². The number of nitrogen functional groups attached to an aromatic ring is 1. The van der Waals surface area contributed by atoms with Crippen LogP contribution in [0.1, 0.15) is 22.3 Å². The number of halogens is 1. The summed E-state index contributed by atoms with van der Waals surface area (Å²) in [6, 6.07) is 1.64. The number of ether oxygens (including phenoxy) is 1. The standard InChI is InChI=1S/C11H13ClN2O2/c1-16-11(15)9-6-8(4-2-3-5-12)7-14-10(9)13/h2,4,6-7H,3,5H2,1H3,(H2,13,14). The number of rotatable bonds is 4. The molecule has 2 N–H and O–H groups in total. The number of aromatic nitrogens is 1. The van der Waals surface area contributed by atoms with Crippen LogP contribution in [0.4, 0.5) is 5.82 Å². The van der Waals surface area contributed by atoms with Crippen molar-refractivity contribution >= 4 is 29.5 Å². The Hall–Kier alpha value is -1.55. The van der Waals surface area contributed by atoms with E-state index in [-0.39, 0.29) is 11.4 Å². The van der Waals surface area contributed by atoms with Gasteiger partial charge in [0.1, 0.15) is 11.4 Å². The van der Waals surface area contributed by atoms with Gasteiger partial charge in [0.25, 0.3) is 0 Å². The van der Waals surface area contributed by atoms with Crippen molar-refractivity contribution in [1.29, 1.82) is 0 Å². The lowest BCUT2D eigenvalue weighted by atomic mass is 10.1. The van der Waals surface area contributed by atoms with Crippen LogP contribution >= 0.6 is 11.6 Å². The van der Waals surface area contributed by atoms with E-state index in [2.05, 4.69) is 9.72 Å². The Labute approximate surface area is 99.1 Å². The van der Waals surface area contributed by atoms with Gasteiger partial charge in [-0.3, -0.25) is 0 Å². The molecule has 0 aliphatic heterocycles. The van der Waals surface area contributed by atoms with Crippen LogP contribution in [0.3, 0.4) is 0 Å². The van der Waals surface area contributed by atoms with Gasteiger partial charge in [-0.05, 0) is 18.1 Å². The predicted octanol–water partition coefficient (Wildman–Crippen LogP) is 2.09. The first kappa shape index (κ1) is 12.5. The molecule has 0 unspecified atom stereocenters. The number of nitrogens with two attached hydrogens (primary N) is 1. The van der Waals surface area contributed by atoms with E-state index in [9.17, 15) is 4.79 Å². The highest BCUT2D eigenvalue weighted by Crippen LogP contribution is 2.13. The van der Waals surface area contributed by atoms with Crippen molar-refractivity contribution in [2.75, 3.05) is 18.7 Å². The maximum atomic E-state index is 11.3. The molecule has 0 aliphatic carbocycles. The Kier molecular flexibility index (Phi) is 4.79. The highest BCUT2D eigenvalue weighted by atomic mass is 35.5. The quantitative estimate of drug-likeness (QED) is 0.647. The molecular formula is C11H13ClN2O2. The van der Waals surface area contributed by atoms with Gasteiger partial charge >= 0.3 is 5.97 Å². The zero-order valence-corrected chi connectivity index (χ0v) is 9.70. The zero-order valence-electron chi connectivity index (χ0n) is 8.94. The van der Waals surface area contributed by atoms with Gasteiger partial charge in [0.05, 0.1) is 7.11 Å². The van der Waals surface area contributed by atoms with E-state index in [1.165, 1.54) is 7.11 Å². The number of anilines is 1. The van der Waals surface area contributed by atoms with E-state index in [4.69, 9.17) is 17.3 Å². The molecule has 1 rings (SSSR count). The van der Waals surface area contributed by atoms with Crippen LogP contribution in [0.25, 0.3) is 6.08 Å². The van der Waals surface area contributed by atoms with Crippen LogP contribution in [0, 0.1) is 0 Å². The van der Waals surface area contributed by atoms with Crippen LogP contribution in [-0.4, -0.2) is 23.9 Å². The second kappa shape index (κ2) is 6.12. The molecule has 0 fully saturated rings. The molecule has 1 heterocycles. The largest absolute Gasteiger partial charge is 0.465 e. The number of nitrogens with zero attached hydrogens (tertiary/aromatic N) is 1. The summed E-state index contributed by atoms with van der Waals surface area (Å²) in [4.78, 5) is 15.2. The van der Waals surface area contributed by atoms with Crippen LogP contribution in [-0.2, 0) is 4.74 Å². The van der Waals surface area contributed by atoms with Crippen molar-refractivity contribution in [2.24, 2.45) is 0 Å². The van der Waals surface area contributed by atoms with E-state index in [0.717, 1.165) is 12.0 Å². The maximum Gasteiger partial charge on any atom is 0.341 e. The molecule has 0 aliphatic rings. The average Bonchev–Trinajstić information content (AvgIpc) is 2.30. The maximum absolute atomic E-state index is 11.3. The molecule has 0 radical (unpaired) electrons. The van der Waals surface area contributed by atoms with E-state index >= 15 is 0 Å². The zero-order chi connectivity index (χ0) is 12.0. The smallest absolute Gasteiger partial charge is 0.341 e. The summed E-state index contributed by atoms with van der Waals surface area (Å²) in [6.07, 6.45) is 6.09. The highest BCUT2D eigenvalue weighted by molar-refractivity contribution is 6.17. The minimum absolute atomic E-state index is 0.168. The second-order valence-electron chi connectivity index (χ2n) is 3.07. The van der Waals surface area contributed by atoms with Crippen LogP contribution in [0.5, 0.6) is 0 Å². The molecule has 0 aromatic carbocycles. The number of alkyl halides is 1. The van der Waals surface area contributed by atoms with Gasteiger partial charge in [0.2, 0.25) is 0 Å². The van der Waals surface area contributed by atoms with Gasteiger partial charge in [-0.2, -0.15) is 0 Å². The number of carbonyl (C=O) groups excluding carboxylic acids is 1. The van der Waals surface area contributed by atoms with Crippen molar-refractivity contribution < 1.29 is 9.53 Å². The molecule has 0 saturated carbocycles. The topological polar surface area (TPSA) is 65.2 Å². The second-order valence-corrected chi connectivity index (χ2v) is 3.45. The van der Waals surface area contributed by atoms with Crippen LogP contribution in [0.2, 0.25) is 0 Å². The Morgan fingerprint density at radius 1 is 1.69 bits per heavy atom. The van der Waals surface area contributed by atoms with E-state index in [1.54, 1.807) is 12.3 Å². The van der Waals surface area contributed by atoms with Crippen molar-refractivity contribution in [3.8, 4) is 0 Å². The molecule has 0 amide bonds. The molecule has 1 aromatic rings. The number of pyridine rings is 1. The fraction of sp³-hybridized carbons (Fsp3) is 0.273. The van der Waals surface area contributed by atoms with E-state index < -0.39 is 5.97 Å². The number of methoxy groups -OCH3 is 1. The molecule has 4 nitrogen and oxygen atoms in total. The number of esters is 1. The number of hydrogen-bond donors (Lipinski definition) is 1. The monoisotopic (exact) mass is 240 g/mol. The Balaban J connectivity index is 2.93. The molecule has 1 aromatic heterocycles. The molecule has 16 heavy (non-hydrogen) atoms. The van der Waals surface area contributed by atoms with Gasteiger partial charge in [-0.15, -0.1) is 11.6 Å². The van der Waals surface area contributed by atoms with Gasteiger partial charge in [0, 0.05) is 12.1 Å². The fourth-order valence-electron chi connectivity index (χ4n) is 1.14. The minimum Gasteiger partial charge on any atom is -0.465 e. The van der Waals surface area contributed by atoms with Crippen molar-refractivity contribution in [1.82, 2.24) is 4.98 Å². The third-order valence-electron chi connectivity index (χ3n) is 1.93. The lowest BCUT2D eigenvalue weighted by molar-refractivity contribution is 0.0601. The lowest BCUT2D eigenvalue weighted by Gasteiger charge is -2.03. The first-order valence-electron chi connectivity index (χ1n) is 4.75. The van der Waals surface area contributed by atoms with Gasteiger partial charge in [-0.25, -0.2) is 9.78 Å². The predicted molar refractivity (Wildman–Crippen MR) is 64.4 cm³/mol. The summed E-state index contributed by atoms with van der Waals surface area (Å²) in [6.45, 7) is 0. The van der Waals surface area contributed by atoms with Crippen LogP contribution < -0.4 is 5.73 Å². The average molecular weight is 241 g/mol. The highest BCUT2D eigenvalue weighted by Gasteiger charge is 2.10. The number of carbonyl (C=O) groups is 1.